The van der Waals surface area contributed by atoms with Crippen molar-refractivity contribution in [3.05, 3.63) is 53.0 Å². The number of fused-ring (bicyclic) bond motifs is 1. The van der Waals surface area contributed by atoms with Crippen LogP contribution in [-0.4, -0.2) is 32.1 Å². The number of carbonyl (C=O) groups excluding carboxylic acids is 1. The van der Waals surface area contributed by atoms with Crippen LogP contribution in [0.1, 0.15) is 41.3 Å². The van der Waals surface area contributed by atoms with Gasteiger partial charge in [-0.15, -0.1) is 0 Å². The van der Waals surface area contributed by atoms with Crippen LogP contribution in [0, 0.1) is 13.8 Å². The minimum Gasteiger partial charge on any atom is -0.358 e. The van der Waals surface area contributed by atoms with Gasteiger partial charge < -0.3 is 9.88 Å². The number of benzene rings is 1. The van der Waals surface area contributed by atoms with Gasteiger partial charge in [0.1, 0.15) is 0 Å². The van der Waals surface area contributed by atoms with Crippen molar-refractivity contribution in [3.8, 4) is 0 Å². The predicted octanol–water partition coefficient (Wildman–Crippen LogP) is 3.42. The van der Waals surface area contributed by atoms with E-state index in [2.05, 4.69) is 42.1 Å². The number of hydrogen-bond acceptors (Lipinski definition) is 2. The zero-order valence-corrected chi connectivity index (χ0v) is 15.0. The van der Waals surface area contributed by atoms with Crippen molar-refractivity contribution in [2.45, 2.75) is 39.2 Å². The Morgan fingerprint density at radius 3 is 2.96 bits per heavy atom. The van der Waals surface area contributed by atoms with Gasteiger partial charge in [0.05, 0.1) is 18.7 Å². The van der Waals surface area contributed by atoms with Gasteiger partial charge in [0, 0.05) is 41.9 Å². The Bertz CT molecular complexity index is 936. The summed E-state index contributed by atoms with van der Waals surface area (Å²) in [4.78, 5) is 18.5. The lowest BCUT2D eigenvalue weighted by atomic mass is 10.0. The van der Waals surface area contributed by atoms with Crippen LogP contribution >= 0.6 is 0 Å². The first-order chi connectivity index (χ1) is 12.0. The van der Waals surface area contributed by atoms with E-state index in [4.69, 9.17) is 0 Å². The van der Waals surface area contributed by atoms with Crippen molar-refractivity contribution in [1.29, 1.82) is 0 Å². The van der Waals surface area contributed by atoms with Crippen LogP contribution in [0.15, 0.2) is 30.6 Å². The molecule has 2 aromatic heterocycles. The summed E-state index contributed by atoms with van der Waals surface area (Å²) in [6, 6.07) is 6.53. The molecule has 5 nitrogen and oxygen atoms in total. The number of nitrogens with zero attached hydrogens (tertiary/aromatic N) is 3. The maximum atomic E-state index is 13.1. The summed E-state index contributed by atoms with van der Waals surface area (Å²) < 4.78 is 1.81. The van der Waals surface area contributed by atoms with Crippen LogP contribution in [0.3, 0.4) is 0 Å². The van der Waals surface area contributed by atoms with Gasteiger partial charge >= 0.3 is 0 Å². The Hall–Kier alpha value is -2.56. The highest BCUT2D eigenvalue weighted by atomic mass is 16.2. The molecule has 3 heterocycles. The lowest BCUT2D eigenvalue weighted by Crippen LogP contribution is -2.31. The molecule has 25 heavy (non-hydrogen) atoms. The molecule has 1 saturated heterocycles. The van der Waals surface area contributed by atoms with Crippen molar-refractivity contribution in [2.75, 3.05) is 6.54 Å². The minimum absolute atomic E-state index is 0.161. The predicted molar refractivity (Wildman–Crippen MR) is 98.4 cm³/mol. The van der Waals surface area contributed by atoms with Crippen LogP contribution in [0.4, 0.5) is 0 Å². The lowest BCUT2D eigenvalue weighted by Gasteiger charge is -2.24. The van der Waals surface area contributed by atoms with E-state index in [1.54, 1.807) is 0 Å². The van der Waals surface area contributed by atoms with Crippen molar-refractivity contribution in [1.82, 2.24) is 19.7 Å². The van der Waals surface area contributed by atoms with E-state index in [0.717, 1.165) is 41.7 Å². The standard InChI is InChI=1S/C20H24N4O/c1-13-6-7-18-17(9-13)16(14(2)22-18)10-20(25)24-8-4-5-19(24)15-11-21-23(3)12-15/h6-7,9,11-12,19,22H,4-5,8,10H2,1-3H3. The van der Waals surface area contributed by atoms with Crippen LogP contribution < -0.4 is 0 Å². The van der Waals surface area contributed by atoms with Crippen LogP contribution in [-0.2, 0) is 18.3 Å². The number of nitrogens with one attached hydrogen (secondary N) is 1. The van der Waals surface area contributed by atoms with Crippen LogP contribution in [0.5, 0.6) is 0 Å². The Morgan fingerprint density at radius 1 is 1.36 bits per heavy atom. The summed E-state index contributed by atoms with van der Waals surface area (Å²) in [7, 11) is 1.92. The largest absolute Gasteiger partial charge is 0.358 e. The van der Waals surface area contributed by atoms with E-state index < -0.39 is 0 Å². The van der Waals surface area contributed by atoms with Gasteiger partial charge in [0.2, 0.25) is 5.91 Å². The number of H-pyrrole nitrogens is 1. The highest BCUT2D eigenvalue weighted by Gasteiger charge is 2.31. The second-order valence-corrected chi connectivity index (χ2v) is 7.15. The summed E-state index contributed by atoms with van der Waals surface area (Å²) in [6.07, 6.45) is 6.43. The fourth-order valence-corrected chi connectivity index (χ4v) is 4.00. The summed E-state index contributed by atoms with van der Waals surface area (Å²) in [6.45, 7) is 4.98. The fraction of sp³-hybridized carbons (Fsp3) is 0.400. The molecule has 130 valence electrons. The van der Waals surface area contributed by atoms with Gasteiger partial charge in [0.15, 0.2) is 0 Å². The molecule has 5 heteroatoms. The molecule has 4 rings (SSSR count). The third kappa shape index (κ3) is 2.84. The monoisotopic (exact) mass is 336 g/mol. The topological polar surface area (TPSA) is 53.9 Å². The number of amides is 1. The summed E-state index contributed by atoms with van der Waals surface area (Å²) >= 11 is 0. The van der Waals surface area contributed by atoms with Crippen molar-refractivity contribution < 1.29 is 4.79 Å². The number of likely N-dealkylation sites (tertiary alicyclic amines) is 1. The van der Waals surface area contributed by atoms with E-state index >= 15 is 0 Å². The molecular weight excluding hydrogens is 312 g/mol. The van der Waals surface area contributed by atoms with Gasteiger partial charge in [-0.1, -0.05) is 11.6 Å². The van der Waals surface area contributed by atoms with E-state index in [9.17, 15) is 4.79 Å². The SMILES string of the molecule is Cc1ccc2[nH]c(C)c(CC(=O)N3CCCC3c3cnn(C)c3)c2c1. The molecule has 3 aromatic rings. The summed E-state index contributed by atoms with van der Waals surface area (Å²) in [5, 5.41) is 5.44. The van der Waals surface area contributed by atoms with Gasteiger partial charge in [-0.3, -0.25) is 9.48 Å². The van der Waals surface area contributed by atoms with Crippen LogP contribution in [0.25, 0.3) is 10.9 Å². The Morgan fingerprint density at radius 2 is 2.20 bits per heavy atom. The maximum absolute atomic E-state index is 13.1. The molecule has 0 spiro atoms. The molecule has 0 radical (unpaired) electrons. The molecule has 1 N–H and O–H groups in total. The highest BCUT2D eigenvalue weighted by molar-refractivity contribution is 5.90. The van der Waals surface area contributed by atoms with Crippen molar-refractivity contribution in [2.24, 2.45) is 7.05 Å². The molecule has 1 atom stereocenters. The van der Waals surface area contributed by atoms with Gasteiger partial charge in [-0.2, -0.15) is 5.10 Å². The Kier molecular flexibility index (Phi) is 3.86. The second-order valence-electron chi connectivity index (χ2n) is 7.15. The average Bonchev–Trinajstić information content (AvgIpc) is 3.27. The number of aromatic amines is 1. The molecule has 1 aliphatic heterocycles. The highest BCUT2D eigenvalue weighted by Crippen LogP contribution is 2.33. The smallest absolute Gasteiger partial charge is 0.227 e. The first-order valence-corrected chi connectivity index (χ1v) is 8.89. The molecule has 1 aromatic carbocycles. The average molecular weight is 336 g/mol. The Labute approximate surface area is 147 Å². The summed E-state index contributed by atoms with van der Waals surface area (Å²) in [5.41, 5.74) is 5.68. The second kappa shape index (κ2) is 6.06. The van der Waals surface area contributed by atoms with E-state index in [-0.39, 0.29) is 11.9 Å². The summed E-state index contributed by atoms with van der Waals surface area (Å²) in [5.74, 6) is 0.205. The molecule has 0 bridgehead atoms. The van der Waals surface area contributed by atoms with E-state index in [1.807, 2.05) is 29.0 Å². The number of rotatable bonds is 3. The Balaban J connectivity index is 1.61. The first-order valence-electron chi connectivity index (χ1n) is 8.89. The molecular formula is C20H24N4O. The molecule has 0 saturated carbocycles. The third-order valence-electron chi connectivity index (χ3n) is 5.29. The normalized spacial score (nSPS) is 17.6. The van der Waals surface area contributed by atoms with Gasteiger partial charge in [-0.05, 0) is 44.4 Å². The molecule has 1 aliphatic rings. The number of aromatic nitrogens is 3. The van der Waals surface area contributed by atoms with Crippen LogP contribution in [0.2, 0.25) is 0 Å². The molecule has 1 amide bonds. The zero-order chi connectivity index (χ0) is 17.6. The lowest BCUT2D eigenvalue weighted by molar-refractivity contribution is -0.131. The van der Waals surface area contributed by atoms with Gasteiger partial charge in [-0.25, -0.2) is 0 Å². The van der Waals surface area contributed by atoms with E-state index in [1.165, 1.54) is 10.9 Å². The first kappa shape index (κ1) is 15.9. The molecule has 1 unspecified atom stereocenters. The number of aryl methyl sites for hydroxylation is 3. The van der Waals surface area contributed by atoms with Crippen molar-refractivity contribution >= 4 is 16.8 Å². The zero-order valence-electron chi connectivity index (χ0n) is 15.0. The number of carbonyl (C=O) groups is 1. The fourth-order valence-electron chi connectivity index (χ4n) is 4.00. The molecule has 0 aliphatic carbocycles. The third-order valence-corrected chi connectivity index (χ3v) is 5.29. The minimum atomic E-state index is 0.161. The quantitative estimate of drug-likeness (QED) is 0.797. The van der Waals surface area contributed by atoms with E-state index in [0.29, 0.717) is 6.42 Å². The maximum Gasteiger partial charge on any atom is 0.227 e. The number of hydrogen-bond donors (Lipinski definition) is 1. The molecule has 1 fully saturated rings. The van der Waals surface area contributed by atoms with Crippen molar-refractivity contribution in [3.63, 3.8) is 0 Å². The van der Waals surface area contributed by atoms with Gasteiger partial charge in [0.25, 0.3) is 0 Å².